The first-order valence-electron chi connectivity index (χ1n) is 7.71. The van der Waals surface area contributed by atoms with Crippen molar-refractivity contribution < 1.29 is 4.79 Å². The number of fused-ring (bicyclic) bond motifs is 1. The fourth-order valence-electron chi connectivity index (χ4n) is 3.04. The van der Waals surface area contributed by atoms with Gasteiger partial charge in [-0.25, -0.2) is 9.97 Å². The molecule has 0 bridgehead atoms. The summed E-state index contributed by atoms with van der Waals surface area (Å²) in [5, 5.41) is 0. The number of hydrogen-bond donors (Lipinski definition) is 0. The molecule has 7 heteroatoms. The van der Waals surface area contributed by atoms with Gasteiger partial charge >= 0.3 is 0 Å². The number of amides is 1. The highest BCUT2D eigenvalue weighted by Crippen LogP contribution is 2.22. The van der Waals surface area contributed by atoms with Crippen molar-refractivity contribution in [1.82, 2.24) is 24.0 Å². The van der Waals surface area contributed by atoms with E-state index >= 15 is 0 Å². The molecule has 1 aliphatic heterocycles. The molecule has 1 unspecified atom stereocenters. The Morgan fingerprint density at radius 2 is 2.04 bits per heavy atom. The Morgan fingerprint density at radius 3 is 2.70 bits per heavy atom. The number of imidazole rings is 1. The van der Waals surface area contributed by atoms with Gasteiger partial charge in [-0.1, -0.05) is 0 Å². The minimum absolute atomic E-state index is 0.0308. The molecule has 0 N–H and O–H groups in total. The summed E-state index contributed by atoms with van der Waals surface area (Å²) in [6.07, 6.45) is 4.00. The Labute approximate surface area is 134 Å². The number of carbonyl (C=O) groups excluding carboxylic acids is 1. The van der Waals surface area contributed by atoms with Crippen molar-refractivity contribution in [2.24, 2.45) is 7.05 Å². The van der Waals surface area contributed by atoms with Crippen LogP contribution in [0.15, 0.2) is 17.2 Å². The lowest BCUT2D eigenvalue weighted by atomic mass is 10.2. The molecule has 0 saturated carbocycles. The van der Waals surface area contributed by atoms with Crippen LogP contribution in [0.1, 0.15) is 42.3 Å². The molecule has 2 aromatic rings. The van der Waals surface area contributed by atoms with Gasteiger partial charge in [0.25, 0.3) is 5.56 Å². The molecule has 1 atom stereocenters. The lowest BCUT2D eigenvalue weighted by Gasteiger charge is -2.19. The molecular weight excluding hydrogens is 294 g/mol. The van der Waals surface area contributed by atoms with Gasteiger partial charge in [0, 0.05) is 31.9 Å². The van der Waals surface area contributed by atoms with E-state index in [0.717, 1.165) is 11.5 Å². The van der Waals surface area contributed by atoms with Crippen LogP contribution in [0, 0.1) is 13.8 Å². The van der Waals surface area contributed by atoms with Gasteiger partial charge in [0.15, 0.2) is 0 Å². The normalized spacial score (nSPS) is 14.9. The molecule has 2 aromatic heterocycles. The second-order valence-electron chi connectivity index (χ2n) is 6.13. The minimum Gasteiger partial charge on any atom is -0.332 e. The van der Waals surface area contributed by atoms with E-state index in [1.54, 1.807) is 25.1 Å². The molecule has 1 amide bonds. The molecule has 0 fully saturated rings. The number of nitrogens with zero attached hydrogens (tertiary/aromatic N) is 5. The summed E-state index contributed by atoms with van der Waals surface area (Å²) in [5.41, 5.74) is 1.31. The predicted octanol–water partition coefficient (Wildman–Crippen LogP) is 1.09. The Kier molecular flexibility index (Phi) is 3.79. The molecule has 0 radical (unpaired) electrons. The first kappa shape index (κ1) is 15.5. The van der Waals surface area contributed by atoms with Crippen LogP contribution in [0.4, 0.5) is 0 Å². The van der Waals surface area contributed by atoms with Crippen molar-refractivity contribution >= 4 is 5.91 Å². The van der Waals surface area contributed by atoms with Crippen LogP contribution in [-0.2, 0) is 24.9 Å². The van der Waals surface area contributed by atoms with Gasteiger partial charge in [0.1, 0.15) is 11.6 Å². The summed E-state index contributed by atoms with van der Waals surface area (Å²) in [6.45, 7) is 6.49. The Hall–Kier alpha value is -2.44. The highest BCUT2D eigenvalue weighted by atomic mass is 16.2. The minimum atomic E-state index is -0.0543. The Balaban J connectivity index is 1.75. The van der Waals surface area contributed by atoms with Crippen LogP contribution in [0.3, 0.4) is 0 Å². The maximum atomic E-state index is 12.6. The van der Waals surface area contributed by atoms with E-state index in [0.29, 0.717) is 30.9 Å². The second kappa shape index (κ2) is 5.64. The van der Waals surface area contributed by atoms with Crippen LogP contribution >= 0.6 is 0 Å². The van der Waals surface area contributed by atoms with Gasteiger partial charge in [-0.15, -0.1) is 0 Å². The van der Waals surface area contributed by atoms with Gasteiger partial charge in [0.05, 0.1) is 24.3 Å². The van der Waals surface area contributed by atoms with E-state index in [1.807, 2.05) is 24.6 Å². The molecule has 122 valence electrons. The average Bonchev–Trinajstić information content (AvgIpc) is 3.11. The molecule has 23 heavy (non-hydrogen) atoms. The number of carbonyl (C=O) groups is 1. The van der Waals surface area contributed by atoms with Crippen LogP contribution in [0.2, 0.25) is 0 Å². The van der Waals surface area contributed by atoms with Crippen molar-refractivity contribution in [3.63, 3.8) is 0 Å². The number of rotatable bonds is 3. The third-order valence-corrected chi connectivity index (χ3v) is 4.54. The van der Waals surface area contributed by atoms with Crippen LogP contribution in [0.5, 0.6) is 0 Å². The molecule has 0 spiro atoms. The van der Waals surface area contributed by atoms with Gasteiger partial charge in [-0.3, -0.25) is 14.2 Å². The third kappa shape index (κ3) is 2.67. The van der Waals surface area contributed by atoms with E-state index in [2.05, 4.69) is 9.97 Å². The lowest BCUT2D eigenvalue weighted by Crippen LogP contribution is -2.29. The van der Waals surface area contributed by atoms with Crippen molar-refractivity contribution in [3.8, 4) is 0 Å². The molecule has 0 aliphatic carbocycles. The maximum Gasteiger partial charge on any atom is 0.258 e. The molecule has 1 aliphatic rings. The van der Waals surface area contributed by atoms with Gasteiger partial charge in [0.2, 0.25) is 5.91 Å². The highest BCUT2D eigenvalue weighted by Gasteiger charge is 2.28. The SMILES string of the molecule is Cc1nccn1C(C)CC(=O)N1Cc2nc(C)n(C)c(=O)c2C1. The zero-order valence-electron chi connectivity index (χ0n) is 13.9. The lowest BCUT2D eigenvalue weighted by molar-refractivity contribution is -0.132. The number of aryl methyl sites for hydroxylation is 2. The summed E-state index contributed by atoms with van der Waals surface area (Å²) in [7, 11) is 1.71. The summed E-state index contributed by atoms with van der Waals surface area (Å²) in [5.74, 6) is 1.59. The fourth-order valence-corrected chi connectivity index (χ4v) is 3.04. The standard InChI is InChI=1S/C16H21N5O2/c1-10(21-6-5-17-11(21)2)7-15(22)20-8-13-14(9-20)18-12(3)19(4)16(13)23/h5-6,10H,7-9H2,1-4H3. The monoisotopic (exact) mass is 315 g/mol. The molecule has 3 rings (SSSR count). The quantitative estimate of drug-likeness (QED) is 0.850. The van der Waals surface area contributed by atoms with Crippen molar-refractivity contribution in [2.75, 3.05) is 0 Å². The largest absolute Gasteiger partial charge is 0.332 e. The summed E-state index contributed by atoms with van der Waals surface area (Å²) < 4.78 is 3.52. The molecular formula is C16H21N5O2. The van der Waals surface area contributed by atoms with E-state index in [1.165, 1.54) is 4.57 Å². The van der Waals surface area contributed by atoms with E-state index < -0.39 is 0 Å². The van der Waals surface area contributed by atoms with Crippen LogP contribution in [-0.4, -0.2) is 29.9 Å². The molecule has 7 nitrogen and oxygen atoms in total. The topological polar surface area (TPSA) is 73.0 Å². The van der Waals surface area contributed by atoms with Crippen molar-refractivity contribution in [2.45, 2.75) is 46.3 Å². The summed E-state index contributed by atoms with van der Waals surface area (Å²) >= 11 is 0. The van der Waals surface area contributed by atoms with Crippen LogP contribution < -0.4 is 5.56 Å². The summed E-state index contributed by atoms with van der Waals surface area (Å²) in [4.78, 5) is 35.2. The Morgan fingerprint density at radius 1 is 1.30 bits per heavy atom. The zero-order valence-corrected chi connectivity index (χ0v) is 13.9. The number of hydrogen-bond acceptors (Lipinski definition) is 4. The van der Waals surface area contributed by atoms with Crippen LogP contribution in [0.25, 0.3) is 0 Å². The first-order chi connectivity index (χ1) is 10.9. The smallest absolute Gasteiger partial charge is 0.258 e. The first-order valence-corrected chi connectivity index (χ1v) is 7.71. The van der Waals surface area contributed by atoms with E-state index in [4.69, 9.17) is 0 Å². The molecule has 3 heterocycles. The Bertz CT molecular complexity index is 820. The fraction of sp³-hybridized carbons (Fsp3) is 0.500. The van der Waals surface area contributed by atoms with E-state index in [-0.39, 0.29) is 17.5 Å². The average molecular weight is 315 g/mol. The van der Waals surface area contributed by atoms with Gasteiger partial charge in [-0.2, -0.15) is 0 Å². The maximum absolute atomic E-state index is 12.6. The molecule has 0 aromatic carbocycles. The highest BCUT2D eigenvalue weighted by molar-refractivity contribution is 5.77. The van der Waals surface area contributed by atoms with E-state index in [9.17, 15) is 9.59 Å². The van der Waals surface area contributed by atoms with Gasteiger partial charge in [-0.05, 0) is 20.8 Å². The van der Waals surface area contributed by atoms with Crippen molar-refractivity contribution in [1.29, 1.82) is 0 Å². The molecule has 0 saturated heterocycles. The summed E-state index contributed by atoms with van der Waals surface area (Å²) in [6, 6.07) is 0.0336. The zero-order chi connectivity index (χ0) is 16.7. The second-order valence-corrected chi connectivity index (χ2v) is 6.13. The van der Waals surface area contributed by atoms with Crippen molar-refractivity contribution in [3.05, 3.63) is 45.7 Å². The predicted molar refractivity (Wildman–Crippen MR) is 84.8 cm³/mol. The third-order valence-electron chi connectivity index (χ3n) is 4.54. The number of aromatic nitrogens is 4. The van der Waals surface area contributed by atoms with Gasteiger partial charge < -0.3 is 9.47 Å².